The Hall–Kier alpha value is -1.50. The van der Waals surface area contributed by atoms with Gasteiger partial charge in [0.1, 0.15) is 6.10 Å². The molecule has 1 aromatic heterocycles. The van der Waals surface area contributed by atoms with E-state index in [0.717, 1.165) is 13.6 Å². The van der Waals surface area contributed by atoms with Gasteiger partial charge in [-0.3, -0.25) is 14.5 Å². The first-order valence-electron chi connectivity index (χ1n) is 6.34. The summed E-state index contributed by atoms with van der Waals surface area (Å²) < 4.78 is 0.941. The first-order chi connectivity index (χ1) is 9.97. The van der Waals surface area contributed by atoms with E-state index in [1.165, 1.54) is 18.4 Å². The predicted octanol–water partition coefficient (Wildman–Crippen LogP) is 2.75. The predicted molar refractivity (Wildman–Crippen MR) is 83.3 cm³/mol. The van der Waals surface area contributed by atoms with Crippen LogP contribution in [0.1, 0.15) is 32.5 Å². The lowest BCUT2D eigenvalue weighted by Gasteiger charge is -2.24. The minimum Gasteiger partial charge on any atom is -0.383 e. The van der Waals surface area contributed by atoms with E-state index in [1.807, 2.05) is 12.1 Å². The minimum atomic E-state index is -0.776. The van der Waals surface area contributed by atoms with Gasteiger partial charge in [-0.15, -0.1) is 11.3 Å². The van der Waals surface area contributed by atoms with Crippen LogP contribution >= 0.6 is 27.3 Å². The van der Waals surface area contributed by atoms with Gasteiger partial charge in [-0.05, 0) is 45.3 Å². The third-order valence-electron chi connectivity index (χ3n) is 3.56. The van der Waals surface area contributed by atoms with E-state index in [-0.39, 0.29) is 18.2 Å². The molecule has 1 unspecified atom stereocenters. The summed E-state index contributed by atoms with van der Waals surface area (Å²) >= 11 is 4.81. The molecule has 0 saturated carbocycles. The van der Waals surface area contributed by atoms with Crippen molar-refractivity contribution in [3.8, 4) is 0 Å². The van der Waals surface area contributed by atoms with E-state index in [9.17, 15) is 14.7 Å². The molecule has 2 aromatic rings. The second-order valence-electron chi connectivity index (χ2n) is 4.90. The fourth-order valence-corrected chi connectivity index (χ4v) is 3.77. The Kier molecular flexibility index (Phi) is 3.69. The van der Waals surface area contributed by atoms with Crippen molar-refractivity contribution in [1.29, 1.82) is 0 Å². The van der Waals surface area contributed by atoms with Gasteiger partial charge in [0.05, 0.1) is 10.2 Å². The summed E-state index contributed by atoms with van der Waals surface area (Å²) in [4.78, 5) is 25.7. The maximum absolute atomic E-state index is 12.2. The molecule has 4 nitrogen and oxygen atoms in total. The number of benzene rings is 1. The number of aliphatic hydroxyl groups excluding tert-OH is 1. The van der Waals surface area contributed by atoms with Crippen molar-refractivity contribution in [2.45, 2.75) is 12.5 Å². The summed E-state index contributed by atoms with van der Waals surface area (Å²) in [5.41, 5.74) is 1.86. The molecule has 3 rings (SSSR count). The van der Waals surface area contributed by atoms with Gasteiger partial charge in [-0.25, -0.2) is 0 Å². The Bertz CT molecular complexity index is 740. The summed E-state index contributed by atoms with van der Waals surface area (Å²) in [6.45, 7) is 0. The molecule has 1 aromatic carbocycles. The Morgan fingerprint density at radius 2 is 2.05 bits per heavy atom. The van der Waals surface area contributed by atoms with Gasteiger partial charge in [-0.2, -0.15) is 0 Å². The zero-order valence-electron chi connectivity index (χ0n) is 11.2. The van der Waals surface area contributed by atoms with E-state index in [1.54, 1.807) is 18.2 Å². The molecule has 0 saturated heterocycles. The standard InChI is InChI=1S/C15H12BrNO3S/c1-17-13(18)7-8-2-3-9(6-10(8)15(17)20)14(19)11-4-5-12(16)21-11/h2-6,14,19H,7H2,1H3. The number of likely N-dealkylation sites (N-methyl/N-ethyl adjacent to an activating group) is 1. The van der Waals surface area contributed by atoms with Gasteiger partial charge in [0.15, 0.2) is 0 Å². The van der Waals surface area contributed by atoms with Crippen LogP contribution in [-0.2, 0) is 11.2 Å². The number of hydrogen-bond acceptors (Lipinski definition) is 4. The molecule has 2 heterocycles. The number of imide groups is 1. The third kappa shape index (κ3) is 2.54. The van der Waals surface area contributed by atoms with Gasteiger partial charge < -0.3 is 5.11 Å². The van der Waals surface area contributed by atoms with Crippen molar-refractivity contribution in [3.63, 3.8) is 0 Å². The van der Waals surface area contributed by atoms with E-state index >= 15 is 0 Å². The van der Waals surface area contributed by atoms with E-state index < -0.39 is 6.10 Å². The molecule has 1 aliphatic rings. The van der Waals surface area contributed by atoms with Crippen LogP contribution in [0.4, 0.5) is 0 Å². The van der Waals surface area contributed by atoms with Crippen molar-refractivity contribution in [1.82, 2.24) is 4.90 Å². The summed E-state index contributed by atoms with van der Waals surface area (Å²) in [5.74, 6) is -0.523. The number of fused-ring (bicyclic) bond motifs is 1. The van der Waals surface area contributed by atoms with Gasteiger partial charge in [0.25, 0.3) is 5.91 Å². The highest BCUT2D eigenvalue weighted by atomic mass is 79.9. The Morgan fingerprint density at radius 3 is 2.71 bits per heavy atom. The van der Waals surface area contributed by atoms with Crippen LogP contribution < -0.4 is 0 Å². The zero-order chi connectivity index (χ0) is 15.1. The first-order valence-corrected chi connectivity index (χ1v) is 7.95. The molecule has 0 aliphatic carbocycles. The van der Waals surface area contributed by atoms with Crippen LogP contribution in [0.15, 0.2) is 34.1 Å². The van der Waals surface area contributed by atoms with Crippen LogP contribution in [0.2, 0.25) is 0 Å². The molecule has 108 valence electrons. The molecule has 0 spiro atoms. The lowest BCUT2D eigenvalue weighted by Crippen LogP contribution is -2.39. The zero-order valence-corrected chi connectivity index (χ0v) is 13.6. The molecule has 0 fully saturated rings. The molecule has 1 aliphatic heterocycles. The second-order valence-corrected chi connectivity index (χ2v) is 7.39. The van der Waals surface area contributed by atoms with Gasteiger partial charge in [-0.1, -0.05) is 12.1 Å². The average molecular weight is 366 g/mol. The number of rotatable bonds is 2. The lowest BCUT2D eigenvalue weighted by molar-refractivity contribution is -0.127. The average Bonchev–Trinajstić information content (AvgIpc) is 2.90. The number of amides is 2. The monoisotopic (exact) mass is 365 g/mol. The van der Waals surface area contributed by atoms with Crippen LogP contribution in [0.25, 0.3) is 0 Å². The largest absolute Gasteiger partial charge is 0.383 e. The lowest BCUT2D eigenvalue weighted by atomic mass is 9.94. The van der Waals surface area contributed by atoms with Gasteiger partial charge in [0, 0.05) is 17.5 Å². The topological polar surface area (TPSA) is 57.6 Å². The quantitative estimate of drug-likeness (QED) is 0.832. The molecular weight excluding hydrogens is 354 g/mol. The second kappa shape index (κ2) is 5.36. The van der Waals surface area contributed by atoms with Crippen molar-refractivity contribution in [3.05, 3.63) is 55.7 Å². The fraction of sp³-hybridized carbons (Fsp3) is 0.200. The Labute approximate surface area is 134 Å². The first kappa shape index (κ1) is 14.4. The molecule has 1 N–H and O–H groups in total. The number of aliphatic hydroxyl groups is 1. The number of nitrogens with zero attached hydrogens (tertiary/aromatic N) is 1. The Morgan fingerprint density at radius 1 is 1.29 bits per heavy atom. The molecule has 0 bridgehead atoms. The van der Waals surface area contributed by atoms with Gasteiger partial charge in [0.2, 0.25) is 5.91 Å². The van der Waals surface area contributed by atoms with Crippen molar-refractivity contribution in [2.24, 2.45) is 0 Å². The van der Waals surface area contributed by atoms with Crippen LogP contribution in [0.3, 0.4) is 0 Å². The van der Waals surface area contributed by atoms with E-state index in [4.69, 9.17) is 0 Å². The SMILES string of the molecule is CN1C(=O)Cc2ccc(C(O)c3ccc(Br)s3)cc2C1=O. The molecule has 6 heteroatoms. The summed E-state index contributed by atoms with van der Waals surface area (Å²) in [7, 11) is 1.48. The van der Waals surface area contributed by atoms with E-state index in [2.05, 4.69) is 15.9 Å². The maximum atomic E-state index is 12.2. The van der Waals surface area contributed by atoms with Crippen LogP contribution in [0, 0.1) is 0 Å². The summed E-state index contributed by atoms with van der Waals surface area (Å²) in [5, 5.41) is 10.4. The van der Waals surface area contributed by atoms with Crippen LogP contribution in [-0.4, -0.2) is 28.9 Å². The summed E-state index contributed by atoms with van der Waals surface area (Å²) in [6, 6.07) is 8.91. The van der Waals surface area contributed by atoms with E-state index in [0.29, 0.717) is 16.7 Å². The number of carbonyl (C=O) groups excluding carboxylic acids is 2. The molecule has 1 atom stereocenters. The maximum Gasteiger partial charge on any atom is 0.260 e. The minimum absolute atomic E-state index is 0.206. The molecule has 21 heavy (non-hydrogen) atoms. The van der Waals surface area contributed by atoms with Gasteiger partial charge >= 0.3 is 0 Å². The third-order valence-corrected chi connectivity index (χ3v) is 5.24. The molecule has 2 amide bonds. The summed E-state index contributed by atoms with van der Waals surface area (Å²) in [6.07, 6.45) is -0.555. The van der Waals surface area contributed by atoms with Crippen molar-refractivity contribution in [2.75, 3.05) is 7.05 Å². The number of hydrogen-bond donors (Lipinski definition) is 1. The van der Waals surface area contributed by atoms with Crippen LogP contribution in [0.5, 0.6) is 0 Å². The van der Waals surface area contributed by atoms with Crippen molar-refractivity contribution < 1.29 is 14.7 Å². The van der Waals surface area contributed by atoms with Crippen molar-refractivity contribution >= 4 is 39.1 Å². The highest BCUT2D eigenvalue weighted by Crippen LogP contribution is 2.32. The normalized spacial score (nSPS) is 16.0. The molecular formula is C15H12BrNO3S. The number of halogens is 1. The number of thiophene rings is 1. The highest BCUT2D eigenvalue weighted by molar-refractivity contribution is 9.11. The Balaban J connectivity index is 2.00. The highest BCUT2D eigenvalue weighted by Gasteiger charge is 2.28. The fourth-order valence-electron chi connectivity index (χ4n) is 2.33. The number of carbonyl (C=O) groups is 2. The molecule has 0 radical (unpaired) electrons. The smallest absolute Gasteiger partial charge is 0.260 e.